The van der Waals surface area contributed by atoms with Crippen molar-refractivity contribution in [3.05, 3.63) is 35.5 Å². The summed E-state index contributed by atoms with van der Waals surface area (Å²) in [5, 5.41) is 12.7. The maximum Gasteiger partial charge on any atom is 0.326 e. The molecule has 10 nitrogen and oxygen atoms in total. The van der Waals surface area contributed by atoms with Crippen molar-refractivity contribution >= 4 is 40.5 Å². The quantitative estimate of drug-likeness (QED) is 0.283. The number of H-pyrrole nitrogens is 1. The number of carbonyl (C=O) groups is 3. The molecule has 160 valence electrons. The number of nitrogens with one attached hydrogen (secondary N) is 2. The number of aromatic amines is 1. The first-order valence-corrected chi connectivity index (χ1v) is 9.31. The van der Waals surface area contributed by atoms with Gasteiger partial charge in [-0.2, -0.15) is 4.79 Å². The van der Waals surface area contributed by atoms with Gasteiger partial charge in [0.1, 0.15) is 12.1 Å². The fraction of sp³-hybridized carbons (Fsp3) is 0.400. The number of aliphatic carboxylic acids is 1. The molecule has 1 heterocycles. The second-order valence-electron chi connectivity index (χ2n) is 6.99. The number of carboxylic acids is 1. The van der Waals surface area contributed by atoms with Crippen LogP contribution in [0.15, 0.2) is 24.4 Å². The third-order valence-corrected chi connectivity index (χ3v) is 4.73. The maximum absolute atomic E-state index is 12.7. The highest BCUT2D eigenvalue weighted by molar-refractivity contribution is 6.25. The molecule has 0 saturated carbocycles. The Hall–Kier alpha value is -3.49. The molecule has 1 amide bonds. The Labute approximate surface area is 173 Å². The van der Waals surface area contributed by atoms with Crippen LogP contribution in [0.3, 0.4) is 0 Å². The molecular formula is C20H25N5O5. The van der Waals surface area contributed by atoms with Gasteiger partial charge in [-0.15, -0.1) is 0 Å². The Morgan fingerprint density at radius 2 is 2.10 bits per heavy atom. The number of amides is 1. The van der Waals surface area contributed by atoms with Crippen LogP contribution in [-0.4, -0.2) is 72.1 Å². The molecule has 10 heteroatoms. The molecule has 0 aliphatic carbocycles. The van der Waals surface area contributed by atoms with Gasteiger partial charge >= 0.3 is 12.2 Å². The van der Waals surface area contributed by atoms with Gasteiger partial charge in [-0.1, -0.05) is 6.07 Å². The molecule has 0 spiro atoms. The fourth-order valence-electron chi connectivity index (χ4n) is 3.19. The standard InChI is InChI=1S/C20H25N5O5/c1-25(2)16-6-4-5-14-18(16)12(10-22-14)9-17(30-3)19(27)24-15(20(28)29)8-7-13(26)11-23-21/h4-6,10-11,15,17,22H,7-9H2,1-3H3,(H,24,27)(H,28,29)/t15-,17-/m0/s1. The van der Waals surface area contributed by atoms with Crippen LogP contribution in [-0.2, 0) is 25.5 Å². The topological polar surface area (TPSA) is 148 Å². The van der Waals surface area contributed by atoms with Crippen LogP contribution >= 0.6 is 0 Å². The lowest BCUT2D eigenvalue weighted by atomic mass is 10.0. The van der Waals surface area contributed by atoms with E-state index in [4.69, 9.17) is 10.3 Å². The monoisotopic (exact) mass is 415 g/mol. The van der Waals surface area contributed by atoms with Crippen LogP contribution in [0.2, 0.25) is 0 Å². The number of hydrogen-bond donors (Lipinski definition) is 3. The zero-order chi connectivity index (χ0) is 22.3. The van der Waals surface area contributed by atoms with Crippen LogP contribution in [0.4, 0.5) is 5.69 Å². The van der Waals surface area contributed by atoms with E-state index in [0.29, 0.717) is 6.21 Å². The predicted octanol–water partition coefficient (Wildman–Crippen LogP) is 1.01. The number of methoxy groups -OCH3 is 1. The fourth-order valence-corrected chi connectivity index (χ4v) is 3.19. The minimum Gasteiger partial charge on any atom is -0.480 e. The predicted molar refractivity (Wildman–Crippen MR) is 111 cm³/mol. The van der Waals surface area contributed by atoms with E-state index in [2.05, 4.69) is 15.1 Å². The summed E-state index contributed by atoms with van der Waals surface area (Å²) in [4.78, 5) is 43.3. The number of aromatic nitrogens is 1. The highest BCUT2D eigenvalue weighted by Crippen LogP contribution is 2.29. The Kier molecular flexibility index (Phi) is 7.85. The summed E-state index contributed by atoms with van der Waals surface area (Å²) in [7, 11) is 5.22. The third-order valence-electron chi connectivity index (χ3n) is 4.73. The smallest absolute Gasteiger partial charge is 0.326 e. The number of hydrogen-bond acceptors (Lipinski definition) is 5. The number of carbonyl (C=O) groups excluding carboxylic acids is 2. The van der Waals surface area contributed by atoms with Crippen LogP contribution in [0.5, 0.6) is 0 Å². The number of ketones is 1. The van der Waals surface area contributed by atoms with E-state index in [9.17, 15) is 19.5 Å². The second-order valence-corrected chi connectivity index (χ2v) is 6.99. The highest BCUT2D eigenvalue weighted by Gasteiger charge is 2.27. The normalized spacial score (nSPS) is 12.6. The number of ether oxygens (including phenoxy) is 1. The van der Waals surface area contributed by atoms with Gasteiger partial charge in [0, 0.05) is 56.8 Å². The van der Waals surface area contributed by atoms with Gasteiger partial charge in [0.05, 0.1) is 0 Å². The van der Waals surface area contributed by atoms with Crippen LogP contribution < -0.4 is 10.2 Å². The number of benzene rings is 1. The van der Waals surface area contributed by atoms with Crippen molar-refractivity contribution in [3.63, 3.8) is 0 Å². The molecule has 1 aromatic carbocycles. The second kappa shape index (κ2) is 10.3. The first-order chi connectivity index (χ1) is 14.3. The molecule has 30 heavy (non-hydrogen) atoms. The maximum atomic E-state index is 12.7. The lowest BCUT2D eigenvalue weighted by Crippen LogP contribution is -2.46. The van der Waals surface area contributed by atoms with Crippen LogP contribution in [0, 0.1) is 0 Å². The number of rotatable bonds is 11. The first kappa shape index (κ1) is 22.8. The molecule has 0 unspecified atom stereocenters. The van der Waals surface area contributed by atoms with Crippen LogP contribution in [0.25, 0.3) is 16.4 Å². The molecule has 0 fully saturated rings. The Bertz CT molecular complexity index is 977. The van der Waals surface area contributed by atoms with Crippen molar-refractivity contribution in [2.75, 3.05) is 26.1 Å². The third kappa shape index (κ3) is 5.53. The largest absolute Gasteiger partial charge is 0.480 e. The zero-order valence-corrected chi connectivity index (χ0v) is 17.1. The summed E-state index contributed by atoms with van der Waals surface area (Å²) in [5.74, 6) is -2.41. The average molecular weight is 415 g/mol. The SMILES string of the molecule is CO[C@@H](Cc1c[nH]c2cccc(N(C)C)c12)C(=O)N[C@@H](CCC(=O)C=[N+]=[N-])C(=O)O. The lowest BCUT2D eigenvalue weighted by Gasteiger charge is -2.20. The van der Waals surface area contributed by atoms with Gasteiger partial charge in [-0.3, -0.25) is 9.59 Å². The minimum absolute atomic E-state index is 0.139. The van der Waals surface area contributed by atoms with Gasteiger partial charge < -0.3 is 30.6 Å². The number of carboxylic acid groups (broad SMARTS) is 1. The molecular weight excluding hydrogens is 390 g/mol. The Balaban J connectivity index is 2.16. The van der Waals surface area contributed by atoms with Gasteiger partial charge in [0.25, 0.3) is 0 Å². The summed E-state index contributed by atoms with van der Waals surface area (Å²) in [6.07, 6.45) is 1.48. The van der Waals surface area contributed by atoms with Crippen molar-refractivity contribution in [1.29, 1.82) is 0 Å². The molecule has 2 atom stereocenters. The molecule has 3 N–H and O–H groups in total. The van der Waals surface area contributed by atoms with Gasteiger partial charge in [-0.05, 0) is 24.1 Å². The van der Waals surface area contributed by atoms with Crippen molar-refractivity contribution in [1.82, 2.24) is 10.3 Å². The highest BCUT2D eigenvalue weighted by atomic mass is 16.5. The Morgan fingerprint density at radius 3 is 2.70 bits per heavy atom. The first-order valence-electron chi connectivity index (χ1n) is 9.31. The summed E-state index contributed by atoms with van der Waals surface area (Å²) in [5.41, 5.74) is 11.1. The summed E-state index contributed by atoms with van der Waals surface area (Å²) < 4.78 is 5.33. The molecule has 0 aliphatic rings. The van der Waals surface area contributed by atoms with Crippen molar-refractivity contribution in [2.45, 2.75) is 31.4 Å². The number of fused-ring (bicyclic) bond motifs is 1. The molecule has 0 saturated heterocycles. The number of nitrogens with zero attached hydrogens (tertiary/aromatic N) is 3. The van der Waals surface area contributed by atoms with Gasteiger partial charge in [0.2, 0.25) is 11.7 Å². The van der Waals surface area contributed by atoms with E-state index in [0.717, 1.165) is 22.2 Å². The number of Topliss-reactive ketones (excluding diaryl/α,β-unsaturated/α-hetero) is 1. The van der Waals surface area contributed by atoms with E-state index >= 15 is 0 Å². The average Bonchev–Trinajstić information content (AvgIpc) is 3.11. The Morgan fingerprint density at radius 1 is 1.37 bits per heavy atom. The lowest BCUT2D eigenvalue weighted by molar-refractivity contribution is -0.144. The van der Waals surface area contributed by atoms with Crippen molar-refractivity contribution < 1.29 is 29.0 Å². The van der Waals surface area contributed by atoms with E-state index in [-0.39, 0.29) is 19.3 Å². The molecule has 0 bridgehead atoms. The minimum atomic E-state index is -1.27. The van der Waals surface area contributed by atoms with Gasteiger partial charge in [-0.25, -0.2) is 4.79 Å². The van der Waals surface area contributed by atoms with E-state index < -0.39 is 29.8 Å². The van der Waals surface area contributed by atoms with E-state index in [1.165, 1.54) is 7.11 Å². The molecule has 2 aromatic rings. The summed E-state index contributed by atoms with van der Waals surface area (Å²) >= 11 is 0. The van der Waals surface area contributed by atoms with Crippen LogP contribution in [0.1, 0.15) is 18.4 Å². The van der Waals surface area contributed by atoms with E-state index in [1.807, 2.05) is 37.2 Å². The summed E-state index contributed by atoms with van der Waals surface area (Å²) in [6, 6.07) is 4.56. The van der Waals surface area contributed by atoms with E-state index in [1.54, 1.807) is 6.20 Å². The van der Waals surface area contributed by atoms with Crippen molar-refractivity contribution in [3.8, 4) is 0 Å². The molecule has 1 aromatic heterocycles. The van der Waals surface area contributed by atoms with Crippen molar-refractivity contribution in [2.24, 2.45) is 0 Å². The molecule has 2 rings (SSSR count). The molecule has 0 radical (unpaired) electrons. The zero-order valence-electron chi connectivity index (χ0n) is 17.1. The summed E-state index contributed by atoms with van der Waals surface area (Å²) in [6.45, 7) is 0. The molecule has 0 aliphatic heterocycles. The van der Waals surface area contributed by atoms with Gasteiger partial charge in [0.15, 0.2) is 0 Å². The number of anilines is 1.